The minimum atomic E-state index is -4.88. The highest BCUT2D eigenvalue weighted by molar-refractivity contribution is 7.90. The molecule has 164 valence electrons. The molecular weight excluding hydrogens is 443 g/mol. The number of pyridine rings is 1. The number of anilines is 1. The number of amides is 1. The number of carbonyl (C=O) groups is 1. The Bertz CT molecular complexity index is 990. The van der Waals surface area contributed by atoms with Gasteiger partial charge in [-0.2, -0.15) is 13.2 Å². The fourth-order valence-corrected chi connectivity index (χ4v) is 3.87. The Kier molecular flexibility index (Phi) is 7.70. The van der Waals surface area contributed by atoms with Gasteiger partial charge in [0.15, 0.2) is 0 Å². The molecule has 0 aliphatic carbocycles. The molecule has 6 nitrogen and oxygen atoms in total. The number of sulfonamides is 1. The second-order valence-electron chi connectivity index (χ2n) is 6.46. The summed E-state index contributed by atoms with van der Waals surface area (Å²) < 4.78 is 66.2. The van der Waals surface area contributed by atoms with Gasteiger partial charge in [-0.05, 0) is 43.2 Å². The summed E-state index contributed by atoms with van der Waals surface area (Å²) in [6.07, 6.45) is -2.07. The summed E-state index contributed by atoms with van der Waals surface area (Å²) in [4.78, 5) is 18.1. The van der Waals surface area contributed by atoms with Gasteiger partial charge in [0.2, 0.25) is 0 Å². The van der Waals surface area contributed by atoms with Crippen molar-refractivity contribution < 1.29 is 26.4 Å². The first kappa shape index (κ1) is 23.9. The van der Waals surface area contributed by atoms with E-state index in [1.54, 1.807) is 4.72 Å². The molecule has 0 atom stereocenters. The van der Waals surface area contributed by atoms with Crippen LogP contribution in [0.3, 0.4) is 0 Å². The zero-order valence-electron chi connectivity index (χ0n) is 16.3. The smallest absolute Gasteiger partial charge is 0.357 e. The number of nitrogens with zero attached hydrogens (tertiary/aromatic N) is 2. The van der Waals surface area contributed by atoms with Crippen LogP contribution in [0.15, 0.2) is 41.4 Å². The summed E-state index contributed by atoms with van der Waals surface area (Å²) in [7, 11) is -4.43. The predicted molar refractivity (Wildman–Crippen MR) is 108 cm³/mol. The molecule has 2 aromatic rings. The summed E-state index contributed by atoms with van der Waals surface area (Å²) in [5.41, 5.74) is -2.18. The molecule has 0 bridgehead atoms. The summed E-state index contributed by atoms with van der Waals surface area (Å²) >= 11 is 5.58. The summed E-state index contributed by atoms with van der Waals surface area (Å²) in [6, 6.07) is 5.21. The molecule has 0 spiro atoms. The van der Waals surface area contributed by atoms with Crippen LogP contribution in [0.5, 0.6) is 0 Å². The molecule has 0 aliphatic rings. The number of hydrogen-bond donors (Lipinski definition) is 1. The van der Waals surface area contributed by atoms with Gasteiger partial charge in [-0.25, -0.2) is 18.1 Å². The van der Waals surface area contributed by atoms with Gasteiger partial charge in [-0.15, -0.1) is 0 Å². The largest absolute Gasteiger partial charge is 0.417 e. The average molecular weight is 464 g/mol. The van der Waals surface area contributed by atoms with Crippen LogP contribution in [0.2, 0.25) is 5.02 Å². The molecule has 11 heteroatoms. The van der Waals surface area contributed by atoms with Crippen LogP contribution in [-0.2, 0) is 16.2 Å². The Morgan fingerprint density at radius 3 is 2.27 bits per heavy atom. The highest BCUT2D eigenvalue weighted by Crippen LogP contribution is 2.34. The van der Waals surface area contributed by atoms with Crippen molar-refractivity contribution in [2.75, 3.05) is 18.0 Å². The molecule has 0 saturated carbocycles. The number of rotatable bonds is 8. The van der Waals surface area contributed by atoms with Gasteiger partial charge >= 0.3 is 6.18 Å². The molecule has 30 heavy (non-hydrogen) atoms. The van der Waals surface area contributed by atoms with Crippen molar-refractivity contribution in [2.45, 2.75) is 37.8 Å². The molecule has 0 unspecified atom stereocenters. The van der Waals surface area contributed by atoms with Crippen molar-refractivity contribution in [3.05, 3.63) is 52.7 Å². The van der Waals surface area contributed by atoms with Crippen LogP contribution in [0.4, 0.5) is 19.0 Å². The van der Waals surface area contributed by atoms with Gasteiger partial charge in [0.05, 0.1) is 11.1 Å². The third kappa shape index (κ3) is 5.85. The van der Waals surface area contributed by atoms with Crippen molar-refractivity contribution in [1.29, 1.82) is 0 Å². The molecule has 0 radical (unpaired) electrons. The van der Waals surface area contributed by atoms with Gasteiger partial charge < -0.3 is 4.90 Å². The summed E-state index contributed by atoms with van der Waals surface area (Å²) in [6.45, 7) is 5.48. The standard InChI is InChI=1S/C19H21ClF3N3O3S/c1-3-9-26(10-4-2)17-8-6-14(12-24-17)30(28,29)25-18(27)15-7-5-13(20)11-16(15)19(21,22)23/h5-8,11-12H,3-4,9-10H2,1-2H3,(H,25,27). The van der Waals surface area contributed by atoms with E-state index < -0.39 is 33.2 Å². The third-order valence-electron chi connectivity index (χ3n) is 4.10. The van der Waals surface area contributed by atoms with Crippen molar-refractivity contribution >= 4 is 33.3 Å². The Balaban J connectivity index is 2.28. The van der Waals surface area contributed by atoms with Gasteiger partial charge in [-0.3, -0.25) is 4.79 Å². The monoisotopic (exact) mass is 463 g/mol. The molecule has 1 aromatic carbocycles. The van der Waals surface area contributed by atoms with Crippen LogP contribution in [0.1, 0.15) is 42.6 Å². The quantitative estimate of drug-likeness (QED) is 0.623. The van der Waals surface area contributed by atoms with E-state index in [4.69, 9.17) is 11.6 Å². The Morgan fingerprint density at radius 1 is 1.13 bits per heavy atom. The number of benzene rings is 1. The van der Waals surface area contributed by atoms with Crippen molar-refractivity contribution in [2.24, 2.45) is 0 Å². The average Bonchev–Trinajstić information content (AvgIpc) is 2.67. The van der Waals surface area contributed by atoms with Crippen LogP contribution in [0, 0.1) is 0 Å². The Labute approximate surface area is 178 Å². The highest BCUT2D eigenvalue weighted by Gasteiger charge is 2.36. The van der Waals surface area contributed by atoms with Crippen LogP contribution in [-0.4, -0.2) is 32.4 Å². The molecule has 0 saturated heterocycles. The highest BCUT2D eigenvalue weighted by atomic mass is 35.5. The molecule has 1 amide bonds. The van der Waals surface area contributed by atoms with E-state index in [0.717, 1.165) is 44.3 Å². The lowest BCUT2D eigenvalue weighted by atomic mass is 10.1. The Hall–Kier alpha value is -2.33. The number of aromatic nitrogens is 1. The van der Waals surface area contributed by atoms with Crippen LogP contribution < -0.4 is 9.62 Å². The van der Waals surface area contributed by atoms with E-state index in [0.29, 0.717) is 11.9 Å². The van der Waals surface area contributed by atoms with Crippen LogP contribution in [0.25, 0.3) is 0 Å². The molecule has 1 N–H and O–H groups in total. The first-order valence-corrected chi connectivity index (χ1v) is 11.0. The summed E-state index contributed by atoms with van der Waals surface area (Å²) in [5, 5.41) is -0.231. The number of alkyl halides is 3. The molecule has 2 rings (SSSR count). The minimum Gasteiger partial charge on any atom is -0.357 e. The van der Waals surface area contributed by atoms with Crippen molar-refractivity contribution in [3.8, 4) is 0 Å². The number of hydrogen-bond acceptors (Lipinski definition) is 5. The fraction of sp³-hybridized carbons (Fsp3) is 0.368. The van der Waals surface area contributed by atoms with E-state index in [-0.39, 0.29) is 9.92 Å². The second-order valence-corrected chi connectivity index (χ2v) is 8.58. The second kappa shape index (κ2) is 9.65. The Morgan fingerprint density at radius 2 is 1.77 bits per heavy atom. The summed E-state index contributed by atoms with van der Waals surface area (Å²) in [5.74, 6) is -0.845. The fourth-order valence-electron chi connectivity index (χ4n) is 2.78. The van der Waals surface area contributed by atoms with Crippen LogP contribution >= 0.6 is 11.6 Å². The topological polar surface area (TPSA) is 79.4 Å². The maximum atomic E-state index is 13.2. The van der Waals surface area contributed by atoms with Crippen molar-refractivity contribution in [3.63, 3.8) is 0 Å². The molecule has 0 aliphatic heterocycles. The normalized spacial score (nSPS) is 11.9. The third-order valence-corrected chi connectivity index (χ3v) is 5.65. The van der Waals surface area contributed by atoms with Gasteiger partial charge in [0.1, 0.15) is 10.7 Å². The molecule has 0 fully saturated rings. The van der Waals surface area contributed by atoms with Gasteiger partial charge in [0.25, 0.3) is 15.9 Å². The number of carbonyl (C=O) groups excluding carboxylic acids is 1. The lowest BCUT2D eigenvalue weighted by Gasteiger charge is -2.22. The molecule has 1 aromatic heterocycles. The number of nitrogens with one attached hydrogen (secondary N) is 1. The maximum absolute atomic E-state index is 13.2. The number of halogens is 4. The van der Waals surface area contributed by atoms with E-state index >= 15 is 0 Å². The zero-order chi connectivity index (χ0) is 22.5. The van der Waals surface area contributed by atoms with E-state index in [2.05, 4.69) is 4.98 Å². The predicted octanol–water partition coefficient (Wildman–Crippen LogP) is 4.50. The minimum absolute atomic E-state index is 0.231. The molecular formula is C19H21ClF3N3O3S. The van der Waals surface area contributed by atoms with E-state index in [1.165, 1.54) is 12.1 Å². The lowest BCUT2D eigenvalue weighted by Crippen LogP contribution is -2.32. The SMILES string of the molecule is CCCN(CCC)c1ccc(S(=O)(=O)NC(=O)c2ccc(Cl)cc2C(F)(F)F)cn1. The zero-order valence-corrected chi connectivity index (χ0v) is 17.9. The first-order valence-electron chi connectivity index (χ1n) is 9.14. The maximum Gasteiger partial charge on any atom is 0.417 e. The lowest BCUT2D eigenvalue weighted by molar-refractivity contribution is -0.137. The van der Waals surface area contributed by atoms with Crippen molar-refractivity contribution in [1.82, 2.24) is 9.71 Å². The van der Waals surface area contributed by atoms with Gasteiger partial charge in [0, 0.05) is 24.3 Å². The molecule has 1 heterocycles. The first-order chi connectivity index (χ1) is 14.0. The van der Waals surface area contributed by atoms with E-state index in [1.807, 2.05) is 18.7 Å². The van der Waals surface area contributed by atoms with Gasteiger partial charge in [-0.1, -0.05) is 25.4 Å². The van der Waals surface area contributed by atoms with E-state index in [9.17, 15) is 26.4 Å².